The molecule has 1 N–H and O–H groups in total. The molecular formula is C9H12ClFN2. The van der Waals surface area contributed by atoms with Gasteiger partial charge in [0, 0.05) is 12.1 Å². The summed E-state index contributed by atoms with van der Waals surface area (Å²) in [5.74, 6) is -0.262. The highest BCUT2D eigenvalue weighted by atomic mass is 35.5. The molecule has 0 unspecified atom stereocenters. The second-order valence-corrected chi connectivity index (χ2v) is 3.24. The molecule has 0 saturated heterocycles. The first kappa shape index (κ1) is 10.3. The minimum absolute atomic E-state index is 0.262. The summed E-state index contributed by atoms with van der Waals surface area (Å²) in [4.78, 5) is 1.75. The Hall–Kier alpha value is -0.800. The standard InChI is InChI=1S/C9H12ClFN2/c1-12-6-13(2)9-5-7(10)3-4-8(9)11/h3-5,12H,6H2,1-2H3. The maximum atomic E-state index is 13.2. The quantitative estimate of drug-likeness (QED) is 0.756. The Kier molecular flexibility index (Phi) is 3.51. The lowest BCUT2D eigenvalue weighted by Gasteiger charge is -2.19. The monoisotopic (exact) mass is 202 g/mol. The van der Waals surface area contributed by atoms with E-state index in [-0.39, 0.29) is 5.82 Å². The Morgan fingerprint density at radius 1 is 1.54 bits per heavy atom. The van der Waals surface area contributed by atoms with Crippen LogP contribution in [-0.2, 0) is 0 Å². The van der Waals surface area contributed by atoms with Crippen LogP contribution >= 0.6 is 11.6 Å². The summed E-state index contributed by atoms with van der Waals surface area (Å²) < 4.78 is 13.2. The molecule has 0 radical (unpaired) electrons. The average Bonchev–Trinajstić information content (AvgIpc) is 2.09. The zero-order valence-corrected chi connectivity index (χ0v) is 8.40. The van der Waals surface area contributed by atoms with E-state index < -0.39 is 0 Å². The molecule has 1 rings (SSSR count). The fraction of sp³-hybridized carbons (Fsp3) is 0.333. The Morgan fingerprint density at radius 3 is 2.85 bits per heavy atom. The maximum Gasteiger partial charge on any atom is 0.146 e. The van der Waals surface area contributed by atoms with E-state index in [0.717, 1.165) is 0 Å². The van der Waals surface area contributed by atoms with Crippen LogP contribution in [0.4, 0.5) is 10.1 Å². The lowest BCUT2D eigenvalue weighted by atomic mass is 10.3. The zero-order chi connectivity index (χ0) is 9.84. The van der Waals surface area contributed by atoms with E-state index in [1.165, 1.54) is 12.1 Å². The largest absolute Gasteiger partial charge is 0.359 e. The summed E-state index contributed by atoms with van der Waals surface area (Å²) in [6.45, 7) is 0.581. The van der Waals surface area contributed by atoms with Gasteiger partial charge < -0.3 is 10.2 Å². The fourth-order valence-corrected chi connectivity index (χ4v) is 1.27. The molecule has 13 heavy (non-hydrogen) atoms. The maximum absolute atomic E-state index is 13.2. The second-order valence-electron chi connectivity index (χ2n) is 2.81. The van der Waals surface area contributed by atoms with Gasteiger partial charge in [-0.1, -0.05) is 11.6 Å². The molecule has 1 aromatic rings. The minimum atomic E-state index is -0.262. The number of benzene rings is 1. The highest BCUT2D eigenvalue weighted by molar-refractivity contribution is 6.30. The van der Waals surface area contributed by atoms with Gasteiger partial charge in [0.05, 0.1) is 12.4 Å². The van der Waals surface area contributed by atoms with Crippen LogP contribution in [0.15, 0.2) is 18.2 Å². The molecule has 0 heterocycles. The fourth-order valence-electron chi connectivity index (χ4n) is 1.10. The van der Waals surface area contributed by atoms with Gasteiger partial charge in [-0.15, -0.1) is 0 Å². The predicted molar refractivity (Wildman–Crippen MR) is 53.7 cm³/mol. The van der Waals surface area contributed by atoms with Crippen LogP contribution in [0.2, 0.25) is 5.02 Å². The molecule has 0 bridgehead atoms. The van der Waals surface area contributed by atoms with Crippen molar-refractivity contribution in [1.82, 2.24) is 5.32 Å². The number of nitrogens with one attached hydrogen (secondary N) is 1. The van der Waals surface area contributed by atoms with Crippen molar-refractivity contribution in [1.29, 1.82) is 0 Å². The van der Waals surface area contributed by atoms with Gasteiger partial charge >= 0.3 is 0 Å². The number of halogens is 2. The highest BCUT2D eigenvalue weighted by Crippen LogP contribution is 2.21. The Balaban J connectivity index is 2.91. The van der Waals surface area contributed by atoms with Crippen molar-refractivity contribution in [2.75, 3.05) is 25.7 Å². The molecule has 0 saturated carbocycles. The number of anilines is 1. The Labute approximate surface area is 82.3 Å². The van der Waals surface area contributed by atoms with E-state index >= 15 is 0 Å². The van der Waals surface area contributed by atoms with Gasteiger partial charge in [0.1, 0.15) is 5.82 Å². The summed E-state index contributed by atoms with van der Waals surface area (Å²) in [6.07, 6.45) is 0. The molecule has 0 aliphatic heterocycles. The van der Waals surface area contributed by atoms with Crippen LogP contribution in [0.3, 0.4) is 0 Å². The number of nitrogens with zero attached hydrogens (tertiary/aromatic N) is 1. The van der Waals surface area contributed by atoms with Crippen molar-refractivity contribution in [3.05, 3.63) is 29.0 Å². The van der Waals surface area contributed by atoms with Crippen molar-refractivity contribution in [3.8, 4) is 0 Å². The van der Waals surface area contributed by atoms with E-state index in [2.05, 4.69) is 5.32 Å². The Bertz CT molecular complexity index is 291. The van der Waals surface area contributed by atoms with Crippen LogP contribution in [0.1, 0.15) is 0 Å². The smallest absolute Gasteiger partial charge is 0.146 e. The van der Waals surface area contributed by atoms with Crippen molar-refractivity contribution in [2.45, 2.75) is 0 Å². The number of rotatable bonds is 3. The third-order valence-corrected chi connectivity index (χ3v) is 1.95. The average molecular weight is 203 g/mol. The molecule has 0 aliphatic carbocycles. The van der Waals surface area contributed by atoms with Crippen molar-refractivity contribution in [2.24, 2.45) is 0 Å². The summed E-state index contributed by atoms with van der Waals surface area (Å²) >= 11 is 5.75. The molecule has 72 valence electrons. The first-order valence-electron chi connectivity index (χ1n) is 3.96. The van der Waals surface area contributed by atoms with Gasteiger partial charge in [-0.3, -0.25) is 0 Å². The molecule has 1 aromatic carbocycles. The molecule has 0 aromatic heterocycles. The lowest BCUT2D eigenvalue weighted by Crippen LogP contribution is -2.28. The van der Waals surface area contributed by atoms with E-state index in [4.69, 9.17) is 11.6 Å². The Morgan fingerprint density at radius 2 is 2.23 bits per heavy atom. The molecule has 2 nitrogen and oxygen atoms in total. The summed E-state index contributed by atoms with van der Waals surface area (Å²) in [5.41, 5.74) is 0.502. The third kappa shape index (κ3) is 2.57. The molecule has 4 heteroatoms. The molecule has 0 aliphatic rings. The molecule has 0 spiro atoms. The number of hydrogen-bond donors (Lipinski definition) is 1. The normalized spacial score (nSPS) is 10.2. The first-order valence-corrected chi connectivity index (χ1v) is 4.33. The topological polar surface area (TPSA) is 15.3 Å². The van der Waals surface area contributed by atoms with E-state index in [0.29, 0.717) is 17.4 Å². The third-order valence-electron chi connectivity index (χ3n) is 1.71. The van der Waals surface area contributed by atoms with Gasteiger partial charge in [0.25, 0.3) is 0 Å². The van der Waals surface area contributed by atoms with Gasteiger partial charge in [-0.05, 0) is 25.2 Å². The van der Waals surface area contributed by atoms with E-state index in [1.54, 1.807) is 25.1 Å². The van der Waals surface area contributed by atoms with Crippen LogP contribution in [-0.4, -0.2) is 20.8 Å². The van der Waals surface area contributed by atoms with Crippen molar-refractivity contribution < 1.29 is 4.39 Å². The molecule has 0 amide bonds. The minimum Gasteiger partial charge on any atom is -0.359 e. The predicted octanol–water partition coefficient (Wildman–Crippen LogP) is 2.09. The summed E-state index contributed by atoms with van der Waals surface area (Å²) in [5, 5.41) is 3.47. The zero-order valence-electron chi connectivity index (χ0n) is 7.64. The van der Waals surface area contributed by atoms with Gasteiger partial charge in [-0.25, -0.2) is 4.39 Å². The molecule has 0 fully saturated rings. The van der Waals surface area contributed by atoms with Crippen LogP contribution in [0.25, 0.3) is 0 Å². The van der Waals surface area contributed by atoms with Crippen LogP contribution < -0.4 is 10.2 Å². The van der Waals surface area contributed by atoms with Gasteiger partial charge in [-0.2, -0.15) is 0 Å². The lowest BCUT2D eigenvalue weighted by molar-refractivity contribution is 0.619. The van der Waals surface area contributed by atoms with Crippen LogP contribution in [0, 0.1) is 5.82 Å². The van der Waals surface area contributed by atoms with Crippen molar-refractivity contribution in [3.63, 3.8) is 0 Å². The summed E-state index contributed by atoms with van der Waals surface area (Å²) in [7, 11) is 3.60. The van der Waals surface area contributed by atoms with Crippen molar-refractivity contribution >= 4 is 17.3 Å². The van der Waals surface area contributed by atoms with Gasteiger partial charge in [0.15, 0.2) is 0 Å². The van der Waals surface area contributed by atoms with Crippen LogP contribution in [0.5, 0.6) is 0 Å². The van der Waals surface area contributed by atoms with Gasteiger partial charge in [0.2, 0.25) is 0 Å². The summed E-state index contributed by atoms with van der Waals surface area (Å²) in [6, 6.07) is 4.51. The van der Waals surface area contributed by atoms with E-state index in [9.17, 15) is 4.39 Å². The first-order chi connectivity index (χ1) is 6.15. The molecule has 0 atom stereocenters. The van der Waals surface area contributed by atoms with E-state index in [1.807, 2.05) is 0 Å². The number of hydrogen-bond acceptors (Lipinski definition) is 2. The molecular weight excluding hydrogens is 191 g/mol. The SMILES string of the molecule is CNCN(C)c1cc(Cl)ccc1F. The second kappa shape index (κ2) is 4.44. The highest BCUT2D eigenvalue weighted by Gasteiger charge is 2.06.